The first kappa shape index (κ1) is 20.6. The zero-order valence-corrected chi connectivity index (χ0v) is 17.9. The third-order valence-corrected chi connectivity index (χ3v) is 4.91. The number of halogens is 3. The van der Waals surface area contributed by atoms with E-state index in [1.54, 1.807) is 7.05 Å². The van der Waals surface area contributed by atoms with E-state index < -0.39 is 11.6 Å². The van der Waals surface area contributed by atoms with Crippen LogP contribution in [-0.4, -0.2) is 37.8 Å². The summed E-state index contributed by atoms with van der Waals surface area (Å²) in [5, 5.41) is 3.30. The summed E-state index contributed by atoms with van der Waals surface area (Å²) >= 11 is 0. The van der Waals surface area contributed by atoms with Gasteiger partial charge in [-0.25, -0.2) is 8.78 Å². The largest absolute Gasteiger partial charge is 0.454 e. The Bertz CT molecular complexity index is 873. The van der Waals surface area contributed by atoms with Crippen molar-refractivity contribution in [3.05, 3.63) is 59.2 Å². The van der Waals surface area contributed by atoms with Gasteiger partial charge in [-0.15, -0.1) is 24.0 Å². The van der Waals surface area contributed by atoms with Crippen LogP contribution in [0.5, 0.6) is 11.5 Å². The van der Waals surface area contributed by atoms with Crippen LogP contribution in [-0.2, 0) is 6.54 Å². The Balaban J connectivity index is 0.00000225. The molecular weight excluding hydrogens is 479 g/mol. The number of aliphatic imine (C=N–C) groups is 1. The second-order valence-electron chi connectivity index (χ2n) is 6.82. The van der Waals surface area contributed by atoms with Crippen LogP contribution in [0, 0.1) is 11.6 Å². The van der Waals surface area contributed by atoms with Crippen LogP contribution in [0.15, 0.2) is 41.4 Å². The van der Waals surface area contributed by atoms with Crippen LogP contribution in [0.4, 0.5) is 8.78 Å². The summed E-state index contributed by atoms with van der Waals surface area (Å²) in [6.45, 7) is 0.856. The van der Waals surface area contributed by atoms with Crippen LogP contribution in [0.25, 0.3) is 0 Å². The highest BCUT2D eigenvalue weighted by Crippen LogP contribution is 2.43. The summed E-state index contributed by atoms with van der Waals surface area (Å²) in [5.74, 6) is 0.998. The van der Waals surface area contributed by atoms with Gasteiger partial charge >= 0.3 is 0 Å². The number of fused-ring (bicyclic) bond motifs is 1. The molecule has 0 amide bonds. The van der Waals surface area contributed by atoms with Crippen molar-refractivity contribution >= 4 is 29.9 Å². The number of nitrogens with one attached hydrogen (secondary N) is 1. The first-order chi connectivity index (χ1) is 13.1. The van der Waals surface area contributed by atoms with Gasteiger partial charge in [-0.05, 0) is 36.2 Å². The molecule has 1 saturated carbocycles. The lowest BCUT2D eigenvalue weighted by atomic mass is 10.1. The average molecular weight is 501 g/mol. The fraction of sp³-hybridized carbons (Fsp3) is 0.350. The molecule has 0 bridgehead atoms. The van der Waals surface area contributed by atoms with Gasteiger partial charge in [0.05, 0.1) is 0 Å². The predicted molar refractivity (Wildman–Crippen MR) is 113 cm³/mol. The van der Waals surface area contributed by atoms with E-state index in [0.717, 1.165) is 17.1 Å². The lowest BCUT2D eigenvalue weighted by Gasteiger charge is -2.22. The number of rotatable bonds is 4. The van der Waals surface area contributed by atoms with E-state index in [9.17, 15) is 8.78 Å². The average Bonchev–Trinajstić information content (AvgIpc) is 3.22. The Morgan fingerprint density at radius 3 is 2.61 bits per heavy atom. The molecule has 2 atom stereocenters. The number of nitrogens with zero attached hydrogens (tertiary/aromatic N) is 2. The molecule has 1 aliphatic heterocycles. The summed E-state index contributed by atoms with van der Waals surface area (Å²) in [7, 11) is 3.61. The minimum absolute atomic E-state index is 0. The van der Waals surface area contributed by atoms with Gasteiger partial charge in [0.15, 0.2) is 17.5 Å². The maximum absolute atomic E-state index is 14.0. The van der Waals surface area contributed by atoms with Gasteiger partial charge in [0.2, 0.25) is 6.79 Å². The first-order valence-electron chi connectivity index (χ1n) is 8.83. The second kappa shape index (κ2) is 8.50. The topological polar surface area (TPSA) is 46.1 Å². The molecule has 0 spiro atoms. The Morgan fingerprint density at radius 1 is 1.18 bits per heavy atom. The molecule has 1 aliphatic carbocycles. The van der Waals surface area contributed by atoms with Crippen LogP contribution in [0.3, 0.4) is 0 Å². The first-order valence-corrected chi connectivity index (χ1v) is 8.83. The summed E-state index contributed by atoms with van der Waals surface area (Å²) < 4.78 is 38.7. The number of benzene rings is 2. The third kappa shape index (κ3) is 4.16. The van der Waals surface area contributed by atoms with Gasteiger partial charge < -0.3 is 19.7 Å². The molecule has 2 aliphatic rings. The maximum Gasteiger partial charge on any atom is 0.231 e. The predicted octanol–water partition coefficient (Wildman–Crippen LogP) is 3.87. The standard InChI is InChI=1S/C20H21F2N3O2.HI/c1-23-20(24-16-9-13(16)19-14(21)4-3-5-15(19)22)25(2)10-12-6-7-17-18(8-12)27-11-26-17;/h3-8,13,16H,9-11H2,1-2H3,(H,23,24);1H. The zero-order chi connectivity index (χ0) is 19.0. The fourth-order valence-corrected chi connectivity index (χ4v) is 3.44. The molecule has 1 heterocycles. The molecule has 5 nitrogen and oxygen atoms in total. The molecule has 8 heteroatoms. The Morgan fingerprint density at radius 2 is 1.89 bits per heavy atom. The van der Waals surface area contributed by atoms with E-state index in [-0.39, 0.29) is 48.3 Å². The molecule has 0 saturated heterocycles. The number of guanidine groups is 1. The Kier molecular flexibility index (Phi) is 6.26. The molecular formula is C20H22F2IN3O2. The third-order valence-electron chi connectivity index (χ3n) is 4.91. The van der Waals surface area contributed by atoms with E-state index in [2.05, 4.69) is 10.3 Å². The van der Waals surface area contributed by atoms with Crippen molar-refractivity contribution in [1.29, 1.82) is 0 Å². The molecule has 2 unspecified atom stereocenters. The highest BCUT2D eigenvalue weighted by Gasteiger charge is 2.42. The number of ether oxygens (including phenoxy) is 2. The number of hydrogen-bond acceptors (Lipinski definition) is 3. The summed E-state index contributed by atoms with van der Waals surface area (Å²) in [6.07, 6.45) is 0.675. The molecule has 4 rings (SSSR count). The zero-order valence-electron chi connectivity index (χ0n) is 15.6. The van der Waals surface area contributed by atoms with E-state index in [0.29, 0.717) is 18.9 Å². The molecule has 0 aromatic heterocycles. The minimum Gasteiger partial charge on any atom is -0.454 e. The van der Waals surface area contributed by atoms with Crippen molar-refractivity contribution in [3.63, 3.8) is 0 Å². The summed E-state index contributed by atoms with van der Waals surface area (Å²) in [6, 6.07) is 9.76. The summed E-state index contributed by atoms with van der Waals surface area (Å²) in [5.41, 5.74) is 1.21. The molecule has 1 N–H and O–H groups in total. The molecule has 28 heavy (non-hydrogen) atoms. The fourth-order valence-electron chi connectivity index (χ4n) is 3.44. The van der Waals surface area contributed by atoms with Crippen LogP contribution in [0.2, 0.25) is 0 Å². The molecule has 2 aromatic carbocycles. The highest BCUT2D eigenvalue weighted by molar-refractivity contribution is 14.0. The highest BCUT2D eigenvalue weighted by atomic mass is 127. The Labute approximate surface area is 179 Å². The molecule has 1 fully saturated rings. The van der Waals surface area contributed by atoms with Gasteiger partial charge in [-0.1, -0.05) is 12.1 Å². The lowest BCUT2D eigenvalue weighted by molar-refractivity contribution is 0.174. The Hall–Kier alpha value is -2.10. The van der Waals surface area contributed by atoms with Crippen molar-refractivity contribution in [2.24, 2.45) is 4.99 Å². The van der Waals surface area contributed by atoms with Gasteiger partial charge in [-0.3, -0.25) is 4.99 Å². The van der Waals surface area contributed by atoms with E-state index in [4.69, 9.17) is 9.47 Å². The summed E-state index contributed by atoms with van der Waals surface area (Å²) in [4.78, 5) is 6.26. The van der Waals surface area contributed by atoms with Gasteiger partial charge in [0.1, 0.15) is 11.6 Å². The van der Waals surface area contributed by atoms with Crippen LogP contribution >= 0.6 is 24.0 Å². The monoisotopic (exact) mass is 501 g/mol. The van der Waals surface area contributed by atoms with Crippen molar-refractivity contribution in [2.75, 3.05) is 20.9 Å². The van der Waals surface area contributed by atoms with Gasteiger partial charge in [0, 0.05) is 38.2 Å². The molecule has 2 aromatic rings. The van der Waals surface area contributed by atoms with Gasteiger partial charge in [0.25, 0.3) is 0 Å². The van der Waals surface area contributed by atoms with E-state index in [1.807, 2.05) is 30.1 Å². The smallest absolute Gasteiger partial charge is 0.231 e. The van der Waals surface area contributed by atoms with Crippen molar-refractivity contribution in [2.45, 2.75) is 24.9 Å². The van der Waals surface area contributed by atoms with E-state index >= 15 is 0 Å². The minimum atomic E-state index is -0.493. The maximum atomic E-state index is 14.0. The van der Waals surface area contributed by atoms with E-state index in [1.165, 1.54) is 18.2 Å². The second-order valence-corrected chi connectivity index (χ2v) is 6.82. The SMILES string of the molecule is CN=C(NC1CC1c1c(F)cccc1F)N(C)Cc1ccc2c(c1)OCO2.I. The molecule has 0 radical (unpaired) electrons. The van der Waals surface area contributed by atoms with Crippen LogP contribution in [0.1, 0.15) is 23.5 Å². The van der Waals surface area contributed by atoms with Gasteiger partial charge in [-0.2, -0.15) is 0 Å². The quantitative estimate of drug-likeness (QED) is 0.393. The van der Waals surface area contributed by atoms with Crippen molar-refractivity contribution in [1.82, 2.24) is 10.2 Å². The van der Waals surface area contributed by atoms with Crippen molar-refractivity contribution in [3.8, 4) is 11.5 Å². The normalized spacial score (nSPS) is 19.8. The molecule has 150 valence electrons. The lowest BCUT2D eigenvalue weighted by Crippen LogP contribution is -2.40. The van der Waals surface area contributed by atoms with Crippen LogP contribution < -0.4 is 14.8 Å². The van der Waals surface area contributed by atoms with Crippen molar-refractivity contribution < 1.29 is 18.3 Å². The number of hydrogen-bond donors (Lipinski definition) is 1.